The lowest BCUT2D eigenvalue weighted by Gasteiger charge is -2.15. The zero-order valence-corrected chi connectivity index (χ0v) is 18.8. The van der Waals surface area contributed by atoms with Crippen LogP contribution in [0.15, 0.2) is 82.0 Å². The van der Waals surface area contributed by atoms with Crippen molar-refractivity contribution in [3.05, 3.63) is 104 Å². The number of para-hydroxylation sites is 3. The Kier molecular flexibility index (Phi) is 6.41. The highest BCUT2D eigenvalue weighted by atomic mass is 16.6. The van der Waals surface area contributed by atoms with Crippen LogP contribution >= 0.6 is 0 Å². The highest BCUT2D eigenvalue weighted by molar-refractivity contribution is 6.04. The summed E-state index contributed by atoms with van der Waals surface area (Å²) in [4.78, 5) is 49.1. The quantitative estimate of drug-likeness (QED) is 0.241. The smallest absolute Gasteiger partial charge is 0.342 e. The number of amides is 1. The molecular formula is C26H20N2O7. The first-order valence-electron chi connectivity index (χ1n) is 10.6. The lowest BCUT2D eigenvalue weighted by Crippen LogP contribution is -2.30. The van der Waals surface area contributed by atoms with Gasteiger partial charge in [-0.3, -0.25) is 19.7 Å². The molecule has 0 radical (unpaired) electrons. The third-order valence-corrected chi connectivity index (χ3v) is 5.41. The normalized spacial score (nSPS) is 11.6. The van der Waals surface area contributed by atoms with Crippen LogP contribution in [0, 0.1) is 17.0 Å². The molecule has 0 fully saturated rings. The van der Waals surface area contributed by atoms with E-state index < -0.39 is 22.9 Å². The van der Waals surface area contributed by atoms with Gasteiger partial charge in [0.05, 0.1) is 10.3 Å². The van der Waals surface area contributed by atoms with Crippen molar-refractivity contribution in [3.8, 4) is 11.3 Å². The van der Waals surface area contributed by atoms with Crippen LogP contribution in [0.2, 0.25) is 0 Å². The zero-order chi connectivity index (χ0) is 25.1. The number of carbonyl (C=O) groups is 2. The van der Waals surface area contributed by atoms with Gasteiger partial charge in [-0.15, -0.1) is 0 Å². The molecule has 0 bridgehead atoms. The average molecular weight is 472 g/mol. The van der Waals surface area contributed by atoms with Crippen molar-refractivity contribution in [1.82, 2.24) is 0 Å². The second-order valence-corrected chi connectivity index (χ2v) is 7.74. The first-order chi connectivity index (χ1) is 16.8. The summed E-state index contributed by atoms with van der Waals surface area (Å²) in [6.07, 6.45) is -1.29. The van der Waals surface area contributed by atoms with E-state index in [4.69, 9.17) is 9.15 Å². The summed E-state index contributed by atoms with van der Waals surface area (Å²) in [6.45, 7) is 2.98. The number of nitrogens with zero attached hydrogens (tertiary/aromatic N) is 1. The molecule has 35 heavy (non-hydrogen) atoms. The zero-order valence-electron chi connectivity index (χ0n) is 18.8. The summed E-state index contributed by atoms with van der Waals surface area (Å²) in [5.74, 6) is -1.31. The number of carbonyl (C=O) groups excluding carboxylic acids is 2. The fourth-order valence-electron chi connectivity index (χ4n) is 3.59. The fourth-order valence-corrected chi connectivity index (χ4v) is 3.59. The molecule has 1 amide bonds. The van der Waals surface area contributed by atoms with Crippen LogP contribution in [-0.2, 0) is 9.53 Å². The van der Waals surface area contributed by atoms with Crippen molar-refractivity contribution in [2.45, 2.75) is 20.0 Å². The Balaban J connectivity index is 1.64. The Labute approximate surface area is 199 Å². The maximum Gasteiger partial charge on any atom is 0.342 e. The molecule has 0 spiro atoms. The molecular weight excluding hydrogens is 452 g/mol. The lowest BCUT2D eigenvalue weighted by atomic mass is 10.0. The first kappa shape index (κ1) is 23.4. The summed E-state index contributed by atoms with van der Waals surface area (Å²) in [7, 11) is 0. The number of rotatable bonds is 6. The van der Waals surface area contributed by atoms with Gasteiger partial charge in [0.25, 0.3) is 11.6 Å². The number of anilines is 1. The molecule has 3 aromatic carbocycles. The SMILES string of the molecule is Cc1c(-c2ccccc2)oc2c(C(=O)OC(C)C(=O)Nc3ccccc3[N+](=O)[O-])cccc2c1=O. The van der Waals surface area contributed by atoms with Crippen LogP contribution in [0.4, 0.5) is 11.4 Å². The van der Waals surface area contributed by atoms with Crippen LogP contribution in [-0.4, -0.2) is 22.9 Å². The Hall–Kier alpha value is -4.79. The van der Waals surface area contributed by atoms with Crippen LogP contribution in [0.3, 0.4) is 0 Å². The summed E-state index contributed by atoms with van der Waals surface area (Å²) in [5, 5.41) is 13.8. The minimum absolute atomic E-state index is 0.0236. The number of nitrogens with one attached hydrogen (secondary N) is 1. The number of fused-ring (bicyclic) bond motifs is 1. The van der Waals surface area contributed by atoms with E-state index in [-0.39, 0.29) is 33.3 Å². The number of esters is 1. The lowest BCUT2D eigenvalue weighted by molar-refractivity contribution is -0.383. The monoisotopic (exact) mass is 472 g/mol. The van der Waals surface area contributed by atoms with Crippen molar-refractivity contribution in [1.29, 1.82) is 0 Å². The Morgan fingerprint density at radius 2 is 1.69 bits per heavy atom. The van der Waals surface area contributed by atoms with Crippen molar-refractivity contribution >= 4 is 34.2 Å². The van der Waals surface area contributed by atoms with Gasteiger partial charge in [0.1, 0.15) is 17.0 Å². The number of benzene rings is 3. The fraction of sp³-hybridized carbons (Fsp3) is 0.115. The molecule has 9 heteroatoms. The Morgan fingerprint density at radius 3 is 2.40 bits per heavy atom. The van der Waals surface area contributed by atoms with E-state index in [9.17, 15) is 24.5 Å². The maximum atomic E-state index is 13.0. The molecule has 9 nitrogen and oxygen atoms in total. The van der Waals surface area contributed by atoms with Gasteiger partial charge in [-0.2, -0.15) is 0 Å². The molecule has 0 saturated carbocycles. The molecule has 0 aliphatic carbocycles. The average Bonchev–Trinajstić information content (AvgIpc) is 2.86. The Bertz CT molecular complexity index is 1510. The van der Waals surface area contributed by atoms with E-state index in [0.29, 0.717) is 16.9 Å². The molecule has 0 aliphatic heterocycles. The second kappa shape index (κ2) is 9.60. The third-order valence-electron chi connectivity index (χ3n) is 5.41. The molecule has 0 saturated heterocycles. The van der Waals surface area contributed by atoms with Gasteiger partial charge in [0, 0.05) is 17.2 Å². The van der Waals surface area contributed by atoms with Crippen molar-refractivity contribution < 1.29 is 23.7 Å². The molecule has 1 aromatic heterocycles. The van der Waals surface area contributed by atoms with E-state index in [1.54, 1.807) is 37.3 Å². The molecule has 1 atom stereocenters. The van der Waals surface area contributed by atoms with E-state index in [2.05, 4.69) is 5.32 Å². The van der Waals surface area contributed by atoms with Gasteiger partial charge in [0.15, 0.2) is 17.1 Å². The van der Waals surface area contributed by atoms with E-state index >= 15 is 0 Å². The van der Waals surface area contributed by atoms with Crippen LogP contribution < -0.4 is 10.7 Å². The van der Waals surface area contributed by atoms with Gasteiger partial charge < -0.3 is 14.5 Å². The van der Waals surface area contributed by atoms with Gasteiger partial charge >= 0.3 is 5.97 Å². The molecule has 1 N–H and O–H groups in total. The number of hydrogen-bond donors (Lipinski definition) is 1. The highest BCUT2D eigenvalue weighted by Gasteiger charge is 2.25. The van der Waals surface area contributed by atoms with Crippen LogP contribution in [0.5, 0.6) is 0 Å². The summed E-state index contributed by atoms with van der Waals surface area (Å²) in [5.41, 5.74) is 0.474. The van der Waals surface area contributed by atoms with Crippen LogP contribution in [0.1, 0.15) is 22.8 Å². The van der Waals surface area contributed by atoms with Gasteiger partial charge in [-0.05, 0) is 32.0 Å². The number of ether oxygens (including phenoxy) is 1. The maximum absolute atomic E-state index is 13.0. The van der Waals surface area contributed by atoms with Crippen molar-refractivity contribution in [2.24, 2.45) is 0 Å². The predicted molar refractivity (Wildman–Crippen MR) is 129 cm³/mol. The third kappa shape index (κ3) is 4.65. The van der Waals surface area contributed by atoms with Gasteiger partial charge in [0.2, 0.25) is 0 Å². The highest BCUT2D eigenvalue weighted by Crippen LogP contribution is 2.28. The predicted octanol–water partition coefficient (Wildman–Crippen LogP) is 4.86. The van der Waals surface area contributed by atoms with Crippen molar-refractivity contribution in [3.63, 3.8) is 0 Å². The second-order valence-electron chi connectivity index (χ2n) is 7.74. The molecule has 1 heterocycles. The van der Waals surface area contributed by atoms with Gasteiger partial charge in [-0.25, -0.2) is 4.79 Å². The molecule has 1 unspecified atom stereocenters. The topological polar surface area (TPSA) is 129 Å². The summed E-state index contributed by atoms with van der Waals surface area (Å²) in [6, 6.07) is 19.1. The minimum atomic E-state index is -1.29. The summed E-state index contributed by atoms with van der Waals surface area (Å²) >= 11 is 0. The van der Waals surface area contributed by atoms with Crippen molar-refractivity contribution in [2.75, 3.05) is 5.32 Å². The molecule has 0 aliphatic rings. The molecule has 4 aromatic rings. The Morgan fingerprint density at radius 1 is 1.00 bits per heavy atom. The van der Waals surface area contributed by atoms with E-state index in [0.717, 1.165) is 0 Å². The number of nitro benzene ring substituents is 1. The van der Waals surface area contributed by atoms with E-state index in [1.807, 2.05) is 6.07 Å². The largest absolute Gasteiger partial charge is 0.455 e. The van der Waals surface area contributed by atoms with E-state index in [1.165, 1.54) is 43.3 Å². The number of hydrogen-bond acceptors (Lipinski definition) is 7. The number of nitro groups is 1. The van der Waals surface area contributed by atoms with Gasteiger partial charge in [-0.1, -0.05) is 48.5 Å². The minimum Gasteiger partial charge on any atom is -0.455 e. The summed E-state index contributed by atoms with van der Waals surface area (Å²) < 4.78 is 11.3. The van der Waals surface area contributed by atoms with Crippen LogP contribution in [0.25, 0.3) is 22.3 Å². The standard InChI is InChI=1S/C26H20N2O7/c1-15-22(29)18-11-8-12-19(24(18)35-23(15)17-9-4-3-5-10-17)26(31)34-16(2)25(30)27-20-13-6-7-14-21(20)28(32)33/h3-14,16H,1-2H3,(H,27,30). The first-order valence-corrected chi connectivity index (χ1v) is 10.6. The molecule has 176 valence electrons. The molecule has 4 rings (SSSR count).